The molecular weight excluding hydrogens is 330 g/mol. The predicted octanol–water partition coefficient (Wildman–Crippen LogP) is 3.87. The SMILES string of the molecule is Cc1cccc(NC(=O)c2cc(F)cc(N)c2F)c1Br. The average Bonchev–Trinajstić information content (AvgIpc) is 2.39. The number of aryl methyl sites for hydroxylation is 1. The van der Waals surface area contributed by atoms with Gasteiger partial charge in [0.15, 0.2) is 5.82 Å². The highest BCUT2D eigenvalue weighted by atomic mass is 79.9. The fourth-order valence-electron chi connectivity index (χ4n) is 1.71. The van der Waals surface area contributed by atoms with E-state index in [1.807, 2.05) is 13.0 Å². The zero-order valence-corrected chi connectivity index (χ0v) is 12.1. The Morgan fingerprint density at radius 3 is 2.70 bits per heavy atom. The quantitative estimate of drug-likeness (QED) is 0.815. The lowest BCUT2D eigenvalue weighted by Crippen LogP contribution is -2.15. The molecule has 0 aliphatic heterocycles. The molecule has 2 rings (SSSR count). The van der Waals surface area contributed by atoms with Gasteiger partial charge in [0.25, 0.3) is 5.91 Å². The van der Waals surface area contributed by atoms with E-state index in [2.05, 4.69) is 21.2 Å². The average molecular weight is 341 g/mol. The van der Waals surface area contributed by atoms with E-state index >= 15 is 0 Å². The second kappa shape index (κ2) is 5.58. The Labute approximate surface area is 122 Å². The number of anilines is 2. The van der Waals surface area contributed by atoms with Crippen LogP contribution >= 0.6 is 15.9 Å². The molecule has 104 valence electrons. The maximum atomic E-state index is 13.8. The van der Waals surface area contributed by atoms with Gasteiger partial charge < -0.3 is 11.1 Å². The number of carbonyl (C=O) groups is 1. The van der Waals surface area contributed by atoms with Crippen molar-refractivity contribution in [1.29, 1.82) is 0 Å². The Kier molecular flexibility index (Phi) is 4.04. The van der Waals surface area contributed by atoms with E-state index in [1.54, 1.807) is 12.1 Å². The summed E-state index contributed by atoms with van der Waals surface area (Å²) in [5.41, 5.74) is 5.84. The van der Waals surface area contributed by atoms with Gasteiger partial charge >= 0.3 is 0 Å². The second-order valence-corrected chi connectivity index (χ2v) is 5.04. The molecule has 20 heavy (non-hydrogen) atoms. The number of benzene rings is 2. The minimum Gasteiger partial charge on any atom is -0.396 e. The molecule has 0 atom stereocenters. The highest BCUT2D eigenvalue weighted by molar-refractivity contribution is 9.10. The van der Waals surface area contributed by atoms with Crippen molar-refractivity contribution in [3.8, 4) is 0 Å². The molecule has 0 saturated heterocycles. The first-order chi connectivity index (χ1) is 9.40. The minimum atomic E-state index is -0.937. The van der Waals surface area contributed by atoms with Gasteiger partial charge in [-0.15, -0.1) is 0 Å². The molecule has 2 aromatic carbocycles. The topological polar surface area (TPSA) is 55.1 Å². The summed E-state index contributed by atoms with van der Waals surface area (Å²) in [4.78, 5) is 12.0. The standard InChI is InChI=1S/C14H11BrF2N2O/c1-7-3-2-4-11(12(7)15)19-14(20)9-5-8(16)6-10(18)13(9)17/h2-6H,18H2,1H3,(H,19,20). The van der Waals surface area contributed by atoms with Crippen molar-refractivity contribution in [3.63, 3.8) is 0 Å². The molecule has 3 N–H and O–H groups in total. The zero-order chi connectivity index (χ0) is 14.9. The number of nitrogen functional groups attached to an aromatic ring is 1. The van der Waals surface area contributed by atoms with Gasteiger partial charge in [-0.25, -0.2) is 8.78 Å². The Balaban J connectivity index is 2.36. The fourth-order valence-corrected chi connectivity index (χ4v) is 2.07. The first kappa shape index (κ1) is 14.5. The molecule has 6 heteroatoms. The van der Waals surface area contributed by atoms with E-state index in [9.17, 15) is 13.6 Å². The first-order valence-electron chi connectivity index (χ1n) is 5.71. The number of hydrogen-bond donors (Lipinski definition) is 2. The third-order valence-corrected chi connectivity index (χ3v) is 3.80. The van der Waals surface area contributed by atoms with Crippen molar-refractivity contribution < 1.29 is 13.6 Å². The maximum absolute atomic E-state index is 13.8. The Morgan fingerprint density at radius 1 is 1.30 bits per heavy atom. The number of amides is 1. The van der Waals surface area contributed by atoms with Crippen LogP contribution < -0.4 is 11.1 Å². The molecule has 0 saturated carbocycles. The lowest BCUT2D eigenvalue weighted by Gasteiger charge is -2.10. The monoisotopic (exact) mass is 340 g/mol. The summed E-state index contributed by atoms with van der Waals surface area (Å²) in [5, 5.41) is 2.51. The Hall–Kier alpha value is -1.95. The van der Waals surface area contributed by atoms with Gasteiger partial charge in [-0.05, 0) is 46.6 Å². The second-order valence-electron chi connectivity index (χ2n) is 4.25. The minimum absolute atomic E-state index is 0.404. The summed E-state index contributed by atoms with van der Waals surface area (Å²) in [7, 11) is 0. The fraction of sp³-hybridized carbons (Fsp3) is 0.0714. The van der Waals surface area contributed by atoms with Crippen molar-refractivity contribution >= 4 is 33.2 Å². The zero-order valence-electron chi connectivity index (χ0n) is 10.5. The van der Waals surface area contributed by atoms with E-state index in [4.69, 9.17) is 5.73 Å². The van der Waals surface area contributed by atoms with Gasteiger partial charge in [-0.1, -0.05) is 12.1 Å². The smallest absolute Gasteiger partial charge is 0.258 e. The van der Waals surface area contributed by atoms with Crippen LogP contribution in [-0.2, 0) is 0 Å². The van der Waals surface area contributed by atoms with Crippen LogP contribution in [-0.4, -0.2) is 5.91 Å². The molecule has 0 unspecified atom stereocenters. The molecular formula is C14H11BrF2N2O. The molecule has 0 aliphatic carbocycles. The summed E-state index contributed by atoms with van der Waals surface area (Å²) in [6.45, 7) is 1.85. The van der Waals surface area contributed by atoms with Crippen molar-refractivity contribution in [2.45, 2.75) is 6.92 Å². The van der Waals surface area contributed by atoms with Gasteiger partial charge in [-0.3, -0.25) is 4.79 Å². The van der Waals surface area contributed by atoms with E-state index < -0.39 is 28.8 Å². The lowest BCUT2D eigenvalue weighted by molar-refractivity contribution is 0.102. The first-order valence-corrected chi connectivity index (χ1v) is 6.50. The van der Waals surface area contributed by atoms with Crippen LogP contribution in [0.25, 0.3) is 0 Å². The lowest BCUT2D eigenvalue weighted by atomic mass is 10.1. The third kappa shape index (κ3) is 2.80. The normalized spacial score (nSPS) is 10.4. The summed E-state index contributed by atoms with van der Waals surface area (Å²) < 4.78 is 27.6. The summed E-state index contributed by atoms with van der Waals surface area (Å²) >= 11 is 3.32. The molecule has 3 nitrogen and oxygen atoms in total. The Bertz CT molecular complexity index is 689. The Morgan fingerprint density at radius 2 is 2.00 bits per heavy atom. The number of rotatable bonds is 2. The molecule has 0 aromatic heterocycles. The van der Waals surface area contributed by atoms with Crippen LogP contribution in [0, 0.1) is 18.6 Å². The van der Waals surface area contributed by atoms with Crippen molar-refractivity contribution in [3.05, 3.63) is 57.6 Å². The van der Waals surface area contributed by atoms with Gasteiger partial charge in [0.2, 0.25) is 0 Å². The summed E-state index contributed by atoms with van der Waals surface area (Å²) in [6, 6.07) is 6.88. The molecule has 0 heterocycles. The van der Waals surface area contributed by atoms with Gasteiger partial charge in [0.05, 0.1) is 16.9 Å². The van der Waals surface area contributed by atoms with Crippen LogP contribution in [0.2, 0.25) is 0 Å². The molecule has 0 spiro atoms. The van der Waals surface area contributed by atoms with Crippen LogP contribution in [0.15, 0.2) is 34.8 Å². The van der Waals surface area contributed by atoms with E-state index in [1.165, 1.54) is 0 Å². The van der Waals surface area contributed by atoms with Gasteiger partial charge in [0.1, 0.15) is 5.82 Å². The number of halogens is 3. The molecule has 0 radical (unpaired) electrons. The van der Waals surface area contributed by atoms with Crippen LogP contribution in [0.3, 0.4) is 0 Å². The highest BCUT2D eigenvalue weighted by Crippen LogP contribution is 2.27. The largest absolute Gasteiger partial charge is 0.396 e. The predicted molar refractivity (Wildman–Crippen MR) is 77.6 cm³/mol. The van der Waals surface area contributed by atoms with Crippen molar-refractivity contribution in [2.75, 3.05) is 11.1 Å². The van der Waals surface area contributed by atoms with Crippen LogP contribution in [0.1, 0.15) is 15.9 Å². The summed E-state index contributed by atoms with van der Waals surface area (Å²) in [5.74, 6) is -2.47. The summed E-state index contributed by atoms with van der Waals surface area (Å²) in [6.07, 6.45) is 0. The van der Waals surface area contributed by atoms with Crippen molar-refractivity contribution in [1.82, 2.24) is 0 Å². The van der Waals surface area contributed by atoms with Crippen molar-refractivity contribution in [2.24, 2.45) is 0 Å². The molecule has 2 aromatic rings. The van der Waals surface area contributed by atoms with E-state index in [0.29, 0.717) is 10.2 Å². The maximum Gasteiger partial charge on any atom is 0.258 e. The number of hydrogen-bond acceptors (Lipinski definition) is 2. The van der Waals surface area contributed by atoms with Crippen LogP contribution in [0.4, 0.5) is 20.2 Å². The number of carbonyl (C=O) groups excluding carboxylic acids is 1. The molecule has 1 amide bonds. The molecule has 0 fully saturated rings. The molecule has 0 aliphatic rings. The highest BCUT2D eigenvalue weighted by Gasteiger charge is 2.17. The van der Waals surface area contributed by atoms with E-state index in [-0.39, 0.29) is 0 Å². The number of nitrogens with one attached hydrogen (secondary N) is 1. The van der Waals surface area contributed by atoms with E-state index in [0.717, 1.165) is 17.7 Å². The molecule has 0 bridgehead atoms. The van der Waals surface area contributed by atoms with Crippen LogP contribution in [0.5, 0.6) is 0 Å². The van der Waals surface area contributed by atoms with Gasteiger partial charge in [-0.2, -0.15) is 0 Å². The van der Waals surface area contributed by atoms with Gasteiger partial charge in [0, 0.05) is 4.47 Å². The third-order valence-electron chi connectivity index (χ3n) is 2.75. The number of nitrogens with two attached hydrogens (primary N) is 1.